The molecule has 0 amide bonds. The van der Waals surface area contributed by atoms with Gasteiger partial charge in [-0.1, -0.05) is 78.3 Å². The molecular formula is C26H23ClN2. The molecule has 3 aromatic carbocycles. The molecule has 0 bridgehead atoms. The van der Waals surface area contributed by atoms with Crippen molar-refractivity contribution >= 4 is 22.5 Å². The van der Waals surface area contributed by atoms with E-state index in [1.165, 1.54) is 33.3 Å². The van der Waals surface area contributed by atoms with Crippen molar-refractivity contribution in [2.75, 3.05) is 6.54 Å². The van der Waals surface area contributed by atoms with Crippen LogP contribution in [0.15, 0.2) is 91.1 Å². The summed E-state index contributed by atoms with van der Waals surface area (Å²) in [5.74, 6) is 0. The van der Waals surface area contributed by atoms with Gasteiger partial charge in [0.05, 0.1) is 6.04 Å². The predicted molar refractivity (Wildman–Crippen MR) is 121 cm³/mol. The van der Waals surface area contributed by atoms with Crippen LogP contribution in [-0.2, 0) is 12.8 Å². The molecule has 3 heteroatoms. The van der Waals surface area contributed by atoms with E-state index in [0.717, 1.165) is 24.4 Å². The van der Waals surface area contributed by atoms with Crippen molar-refractivity contribution in [3.05, 3.63) is 119 Å². The molecule has 0 saturated heterocycles. The van der Waals surface area contributed by atoms with Gasteiger partial charge >= 0.3 is 0 Å². The molecule has 5 rings (SSSR count). The molecule has 4 aromatic rings. The number of halogens is 1. The van der Waals surface area contributed by atoms with Crippen LogP contribution in [0.4, 0.5) is 0 Å². The Hall–Kier alpha value is -2.97. The van der Waals surface area contributed by atoms with E-state index in [1.807, 2.05) is 12.1 Å². The lowest BCUT2D eigenvalue weighted by molar-refractivity contribution is 0.297. The van der Waals surface area contributed by atoms with Crippen LogP contribution < -0.4 is 0 Å². The molecule has 1 unspecified atom stereocenters. The van der Waals surface area contributed by atoms with Gasteiger partial charge < -0.3 is 9.88 Å². The molecule has 0 spiro atoms. The van der Waals surface area contributed by atoms with E-state index in [9.17, 15) is 0 Å². The van der Waals surface area contributed by atoms with E-state index in [-0.39, 0.29) is 6.04 Å². The van der Waals surface area contributed by atoms with Gasteiger partial charge in [-0.3, -0.25) is 0 Å². The van der Waals surface area contributed by atoms with Gasteiger partial charge in [-0.25, -0.2) is 0 Å². The molecule has 0 radical (unpaired) electrons. The molecule has 29 heavy (non-hydrogen) atoms. The second kappa shape index (κ2) is 7.81. The van der Waals surface area contributed by atoms with Gasteiger partial charge in [-0.05, 0) is 53.9 Å². The Labute approximate surface area is 176 Å². The summed E-state index contributed by atoms with van der Waals surface area (Å²) in [7, 11) is 0. The number of hydrogen-bond donors (Lipinski definition) is 1. The zero-order valence-electron chi connectivity index (χ0n) is 16.2. The third-order valence-electron chi connectivity index (χ3n) is 5.75. The third kappa shape index (κ3) is 3.56. The quantitative estimate of drug-likeness (QED) is 0.414. The highest BCUT2D eigenvalue weighted by Gasteiger charge is 2.29. The normalized spacial score (nSPS) is 16.4. The van der Waals surface area contributed by atoms with Crippen LogP contribution >= 0.6 is 11.6 Å². The number of aromatic amines is 1. The maximum Gasteiger partial charge on any atom is 0.0941 e. The van der Waals surface area contributed by atoms with Gasteiger partial charge in [0, 0.05) is 28.2 Å². The minimum Gasteiger partial charge on any atom is -0.365 e. The molecule has 2 heterocycles. The first-order valence-corrected chi connectivity index (χ1v) is 10.5. The maximum atomic E-state index is 6.17. The summed E-state index contributed by atoms with van der Waals surface area (Å²) in [6.07, 6.45) is 6.51. The van der Waals surface area contributed by atoms with Crippen LogP contribution in [0.5, 0.6) is 0 Å². The molecule has 144 valence electrons. The predicted octanol–water partition coefficient (Wildman–Crippen LogP) is 6.53. The molecule has 0 saturated carbocycles. The summed E-state index contributed by atoms with van der Waals surface area (Å²) in [6.45, 7) is 0.993. The Kier molecular flexibility index (Phi) is 4.87. The van der Waals surface area contributed by atoms with Crippen molar-refractivity contribution in [3.8, 4) is 0 Å². The van der Waals surface area contributed by atoms with E-state index in [2.05, 4.69) is 88.9 Å². The number of H-pyrrole nitrogens is 1. The fourth-order valence-corrected chi connectivity index (χ4v) is 4.49. The van der Waals surface area contributed by atoms with Gasteiger partial charge in [0.25, 0.3) is 0 Å². The molecule has 0 fully saturated rings. The van der Waals surface area contributed by atoms with Gasteiger partial charge in [0.1, 0.15) is 0 Å². The first-order chi connectivity index (χ1) is 14.3. The molecule has 1 aromatic heterocycles. The Morgan fingerprint density at radius 3 is 2.52 bits per heavy atom. The van der Waals surface area contributed by atoms with Crippen LogP contribution in [0, 0.1) is 0 Å². The highest BCUT2D eigenvalue weighted by molar-refractivity contribution is 6.30. The maximum absolute atomic E-state index is 6.17. The van der Waals surface area contributed by atoms with Crippen LogP contribution in [0.25, 0.3) is 10.9 Å². The fraction of sp³-hybridized carbons (Fsp3) is 0.154. The number of para-hydroxylation sites is 1. The first-order valence-electron chi connectivity index (χ1n) is 10.1. The largest absolute Gasteiger partial charge is 0.365 e. The lowest BCUT2D eigenvalue weighted by Crippen LogP contribution is -2.32. The summed E-state index contributed by atoms with van der Waals surface area (Å²) < 4.78 is 0. The molecule has 0 aliphatic carbocycles. The number of nitrogens with zero attached hydrogens (tertiary/aromatic N) is 1. The summed E-state index contributed by atoms with van der Waals surface area (Å²) in [4.78, 5) is 6.16. The molecule has 1 N–H and O–H groups in total. The Morgan fingerprint density at radius 1 is 0.931 bits per heavy atom. The summed E-state index contributed by atoms with van der Waals surface area (Å²) in [5.41, 5.74) is 6.53. The molecule has 1 aliphatic heterocycles. The molecule has 1 atom stereocenters. The zero-order valence-corrected chi connectivity index (χ0v) is 16.9. The summed E-state index contributed by atoms with van der Waals surface area (Å²) in [6, 6.07) is 27.6. The topological polar surface area (TPSA) is 19.0 Å². The number of aromatic nitrogens is 1. The number of allylic oxidation sites excluding steroid dienone is 1. The summed E-state index contributed by atoms with van der Waals surface area (Å²) >= 11 is 6.17. The number of hydrogen-bond acceptors (Lipinski definition) is 1. The van der Waals surface area contributed by atoms with Crippen LogP contribution in [0.2, 0.25) is 5.02 Å². The zero-order chi connectivity index (χ0) is 19.6. The Bertz CT molecular complexity index is 1140. The number of nitrogens with one attached hydrogen (secondary N) is 1. The van der Waals surface area contributed by atoms with E-state index < -0.39 is 0 Å². The second-order valence-corrected chi connectivity index (χ2v) is 8.02. The van der Waals surface area contributed by atoms with E-state index >= 15 is 0 Å². The summed E-state index contributed by atoms with van der Waals surface area (Å²) in [5, 5.41) is 2.11. The molecule has 1 aliphatic rings. The van der Waals surface area contributed by atoms with Crippen LogP contribution in [0.3, 0.4) is 0 Å². The minimum atomic E-state index is 0.162. The van der Waals surface area contributed by atoms with Crippen LogP contribution in [-0.4, -0.2) is 16.4 Å². The van der Waals surface area contributed by atoms with Crippen molar-refractivity contribution in [3.63, 3.8) is 0 Å². The van der Waals surface area contributed by atoms with Gasteiger partial charge in [-0.2, -0.15) is 0 Å². The van der Waals surface area contributed by atoms with Crippen LogP contribution in [0.1, 0.15) is 28.4 Å². The molecule has 2 nitrogen and oxygen atoms in total. The Balaban J connectivity index is 1.53. The first kappa shape index (κ1) is 18.1. The van der Waals surface area contributed by atoms with E-state index in [0.29, 0.717) is 0 Å². The van der Waals surface area contributed by atoms with E-state index in [4.69, 9.17) is 11.6 Å². The number of rotatable bonds is 4. The highest BCUT2D eigenvalue weighted by Crippen LogP contribution is 2.38. The van der Waals surface area contributed by atoms with Gasteiger partial charge in [0.15, 0.2) is 0 Å². The second-order valence-electron chi connectivity index (χ2n) is 7.58. The lowest BCUT2D eigenvalue weighted by Gasteiger charge is -2.35. The fourth-order valence-electron chi connectivity index (χ4n) is 4.36. The number of benzene rings is 3. The minimum absolute atomic E-state index is 0.162. The average molecular weight is 399 g/mol. The smallest absolute Gasteiger partial charge is 0.0941 e. The van der Waals surface area contributed by atoms with Crippen molar-refractivity contribution in [2.45, 2.75) is 18.9 Å². The van der Waals surface area contributed by atoms with Crippen molar-refractivity contribution in [2.24, 2.45) is 0 Å². The average Bonchev–Trinajstić information content (AvgIpc) is 3.14. The Morgan fingerprint density at radius 2 is 1.69 bits per heavy atom. The van der Waals surface area contributed by atoms with E-state index in [1.54, 1.807) is 0 Å². The van der Waals surface area contributed by atoms with Crippen molar-refractivity contribution in [1.82, 2.24) is 9.88 Å². The standard InChI is InChI=1S/C26H23ClN2/c27-21-14-12-20(13-15-21)26-25-23(22-10-4-5-11-24(22)28-25)16-18-29(26)17-6-9-19-7-2-1-3-8-19/h1-8,10-15,17,26,28H,9,16,18H2/b17-6+. The highest BCUT2D eigenvalue weighted by atomic mass is 35.5. The SMILES string of the molecule is Clc1ccc(C2c3[nH]c4ccccc4c3CCN2/C=C/Cc2ccccc2)cc1. The van der Waals surface area contributed by atoms with Gasteiger partial charge in [0.2, 0.25) is 0 Å². The molecular weight excluding hydrogens is 376 g/mol. The number of fused-ring (bicyclic) bond motifs is 3. The van der Waals surface area contributed by atoms with Crippen molar-refractivity contribution < 1.29 is 0 Å². The van der Waals surface area contributed by atoms with Gasteiger partial charge in [-0.15, -0.1) is 0 Å². The lowest BCUT2D eigenvalue weighted by atomic mass is 9.92. The monoisotopic (exact) mass is 398 g/mol. The third-order valence-corrected chi connectivity index (χ3v) is 6.00. The van der Waals surface area contributed by atoms with Crippen molar-refractivity contribution in [1.29, 1.82) is 0 Å².